The first kappa shape index (κ1) is 10.2. The van der Waals surface area contributed by atoms with Gasteiger partial charge in [-0.1, -0.05) is 12.1 Å². The van der Waals surface area contributed by atoms with Crippen molar-refractivity contribution in [2.45, 2.75) is 12.2 Å². The quantitative estimate of drug-likeness (QED) is 0.769. The van der Waals surface area contributed by atoms with Crippen LogP contribution in [0.5, 0.6) is 0 Å². The lowest BCUT2D eigenvalue weighted by molar-refractivity contribution is 0.472. The Kier molecular flexibility index (Phi) is 2.28. The normalized spacial score (nSPS) is 14.3. The monoisotopic (exact) mass is 225 g/mol. The molecule has 2 aromatic rings. The average molecular weight is 225 g/mol. The van der Waals surface area contributed by atoms with E-state index >= 15 is 0 Å². The molecule has 0 aliphatic rings. The van der Waals surface area contributed by atoms with E-state index in [0.29, 0.717) is 5.56 Å². The fraction of sp³-hybridized carbons (Fsp3) is 0.200. The highest BCUT2D eigenvalue weighted by atomic mass is 32.2. The van der Waals surface area contributed by atoms with Crippen LogP contribution in [0.1, 0.15) is 17.7 Å². The van der Waals surface area contributed by atoms with Gasteiger partial charge in [0, 0.05) is 17.1 Å². The van der Waals surface area contributed by atoms with Gasteiger partial charge in [-0.05, 0) is 24.6 Å². The highest BCUT2D eigenvalue weighted by Crippen LogP contribution is 2.27. The van der Waals surface area contributed by atoms with E-state index in [0.717, 1.165) is 10.9 Å². The van der Waals surface area contributed by atoms with Gasteiger partial charge in [0.15, 0.2) is 0 Å². The zero-order valence-electron chi connectivity index (χ0n) is 8.14. The van der Waals surface area contributed by atoms with E-state index in [1.807, 2.05) is 6.07 Å². The Morgan fingerprint density at radius 2 is 2.07 bits per heavy atom. The number of aromatic nitrogens is 1. The summed E-state index contributed by atoms with van der Waals surface area (Å²) in [6.45, 7) is 1.47. The minimum Gasteiger partial charge on any atom is -0.361 e. The molecule has 0 spiro atoms. The van der Waals surface area contributed by atoms with Gasteiger partial charge in [0.25, 0.3) is 10.1 Å². The smallest absolute Gasteiger partial charge is 0.271 e. The van der Waals surface area contributed by atoms with Crippen LogP contribution in [-0.2, 0) is 10.1 Å². The van der Waals surface area contributed by atoms with Gasteiger partial charge in [-0.15, -0.1) is 0 Å². The van der Waals surface area contributed by atoms with Crippen molar-refractivity contribution in [3.8, 4) is 0 Å². The summed E-state index contributed by atoms with van der Waals surface area (Å²) < 4.78 is 31.1. The molecule has 0 fully saturated rings. The lowest BCUT2D eigenvalue weighted by Crippen LogP contribution is -2.08. The summed E-state index contributed by atoms with van der Waals surface area (Å²) in [7, 11) is -4.04. The van der Waals surface area contributed by atoms with Crippen molar-refractivity contribution in [1.29, 1.82) is 0 Å². The Bertz CT molecular complexity index is 585. The summed E-state index contributed by atoms with van der Waals surface area (Å²) in [5.74, 6) is 0. The van der Waals surface area contributed by atoms with Crippen LogP contribution < -0.4 is 0 Å². The summed E-state index contributed by atoms with van der Waals surface area (Å²) in [6, 6.07) is 7.12. The van der Waals surface area contributed by atoms with E-state index in [1.54, 1.807) is 24.4 Å². The molecule has 0 amide bonds. The Morgan fingerprint density at radius 3 is 2.73 bits per heavy atom. The molecule has 0 aliphatic carbocycles. The number of nitrogens with one attached hydrogen (secondary N) is 1. The number of H-pyrrole nitrogens is 1. The lowest BCUT2D eigenvalue weighted by atomic mass is 10.1. The van der Waals surface area contributed by atoms with Crippen LogP contribution in [0.4, 0.5) is 0 Å². The largest absolute Gasteiger partial charge is 0.361 e. The predicted octanol–water partition coefficient (Wildman–Crippen LogP) is 2.12. The number of hydrogen-bond donors (Lipinski definition) is 2. The minimum absolute atomic E-state index is 0.608. The molecule has 80 valence electrons. The summed E-state index contributed by atoms with van der Waals surface area (Å²) in [5, 5.41) is -0.0837. The molecule has 0 saturated carbocycles. The van der Waals surface area contributed by atoms with Gasteiger partial charge in [-0.2, -0.15) is 8.42 Å². The topological polar surface area (TPSA) is 70.2 Å². The van der Waals surface area contributed by atoms with E-state index in [2.05, 4.69) is 4.98 Å². The minimum atomic E-state index is -4.04. The molecule has 0 radical (unpaired) electrons. The summed E-state index contributed by atoms with van der Waals surface area (Å²) in [6.07, 6.45) is 1.74. The van der Waals surface area contributed by atoms with E-state index in [4.69, 9.17) is 4.55 Å². The number of rotatable bonds is 2. The molecular weight excluding hydrogens is 214 g/mol. The van der Waals surface area contributed by atoms with Gasteiger partial charge in [-0.25, -0.2) is 0 Å². The maximum Gasteiger partial charge on any atom is 0.271 e. The number of hydrogen-bond acceptors (Lipinski definition) is 2. The van der Waals surface area contributed by atoms with Crippen LogP contribution in [0.15, 0.2) is 30.5 Å². The van der Waals surface area contributed by atoms with Crippen molar-refractivity contribution in [2.24, 2.45) is 0 Å². The van der Waals surface area contributed by atoms with Gasteiger partial charge < -0.3 is 4.98 Å². The SMILES string of the molecule is CC(c1cccc2[nH]ccc12)S(=O)(=O)O. The highest BCUT2D eigenvalue weighted by molar-refractivity contribution is 7.86. The third kappa shape index (κ3) is 1.75. The van der Waals surface area contributed by atoms with Crippen molar-refractivity contribution in [1.82, 2.24) is 4.98 Å². The van der Waals surface area contributed by atoms with E-state index < -0.39 is 15.4 Å². The second kappa shape index (κ2) is 3.36. The van der Waals surface area contributed by atoms with Crippen LogP contribution in [-0.4, -0.2) is 18.0 Å². The fourth-order valence-corrected chi connectivity index (χ4v) is 2.15. The molecular formula is C10H11NO3S. The van der Waals surface area contributed by atoms with Gasteiger partial charge in [-0.3, -0.25) is 4.55 Å². The molecule has 1 aromatic carbocycles. The molecule has 0 saturated heterocycles. The molecule has 1 unspecified atom stereocenters. The van der Waals surface area contributed by atoms with Crippen LogP contribution in [0.25, 0.3) is 10.9 Å². The predicted molar refractivity (Wildman–Crippen MR) is 58.3 cm³/mol. The van der Waals surface area contributed by atoms with E-state index in [9.17, 15) is 8.42 Å². The van der Waals surface area contributed by atoms with Crippen molar-refractivity contribution >= 4 is 21.0 Å². The number of aromatic amines is 1. The van der Waals surface area contributed by atoms with Gasteiger partial charge in [0.2, 0.25) is 0 Å². The standard InChI is InChI=1S/C10H11NO3S/c1-7(15(12,13)14)8-3-2-4-10-9(8)5-6-11-10/h2-7,11H,1H3,(H,12,13,14). The van der Waals surface area contributed by atoms with Crippen LogP contribution >= 0.6 is 0 Å². The number of fused-ring (bicyclic) bond motifs is 1. The maximum atomic E-state index is 11.0. The van der Waals surface area contributed by atoms with Crippen LogP contribution in [0.3, 0.4) is 0 Å². The summed E-state index contributed by atoms with van der Waals surface area (Å²) in [4.78, 5) is 2.99. The zero-order valence-corrected chi connectivity index (χ0v) is 8.95. The fourth-order valence-electron chi connectivity index (χ4n) is 1.62. The first-order valence-electron chi connectivity index (χ1n) is 4.52. The second-order valence-corrected chi connectivity index (χ2v) is 5.18. The second-order valence-electron chi connectivity index (χ2n) is 3.44. The molecule has 15 heavy (non-hydrogen) atoms. The molecule has 0 bridgehead atoms. The molecule has 1 aromatic heterocycles. The van der Waals surface area contributed by atoms with Crippen LogP contribution in [0.2, 0.25) is 0 Å². The van der Waals surface area contributed by atoms with Gasteiger partial charge in [0.05, 0.1) is 0 Å². The lowest BCUT2D eigenvalue weighted by Gasteiger charge is -2.09. The third-order valence-electron chi connectivity index (χ3n) is 2.51. The van der Waals surface area contributed by atoms with Crippen molar-refractivity contribution < 1.29 is 13.0 Å². The molecule has 0 aliphatic heterocycles. The van der Waals surface area contributed by atoms with Gasteiger partial charge >= 0.3 is 0 Å². The zero-order chi connectivity index (χ0) is 11.1. The molecule has 1 atom stereocenters. The average Bonchev–Trinajstić information content (AvgIpc) is 2.62. The highest BCUT2D eigenvalue weighted by Gasteiger charge is 2.21. The molecule has 2 N–H and O–H groups in total. The molecule has 5 heteroatoms. The van der Waals surface area contributed by atoms with Crippen molar-refractivity contribution in [3.05, 3.63) is 36.0 Å². The third-order valence-corrected chi connectivity index (χ3v) is 3.66. The Balaban J connectivity index is 2.66. The molecule has 2 rings (SSSR count). The summed E-state index contributed by atoms with van der Waals surface area (Å²) >= 11 is 0. The molecule has 4 nitrogen and oxygen atoms in total. The maximum absolute atomic E-state index is 11.0. The first-order valence-corrected chi connectivity index (χ1v) is 6.03. The summed E-state index contributed by atoms with van der Waals surface area (Å²) in [5.41, 5.74) is 1.47. The van der Waals surface area contributed by atoms with E-state index in [1.165, 1.54) is 6.92 Å². The Labute approximate surface area is 87.7 Å². The van der Waals surface area contributed by atoms with Crippen molar-refractivity contribution in [3.63, 3.8) is 0 Å². The van der Waals surface area contributed by atoms with Crippen molar-refractivity contribution in [2.75, 3.05) is 0 Å². The molecule has 1 heterocycles. The number of benzene rings is 1. The Morgan fingerprint density at radius 1 is 1.33 bits per heavy atom. The van der Waals surface area contributed by atoms with Gasteiger partial charge in [0.1, 0.15) is 5.25 Å². The first-order chi connectivity index (χ1) is 7.00. The van der Waals surface area contributed by atoms with E-state index in [-0.39, 0.29) is 0 Å². The Hall–Kier alpha value is -1.33. The van der Waals surface area contributed by atoms with Crippen LogP contribution in [0, 0.1) is 0 Å².